The fourth-order valence-corrected chi connectivity index (χ4v) is 1.75. The first-order valence-corrected chi connectivity index (χ1v) is 6.34. The number of likely N-dealkylation sites (N-methyl/N-ethyl adjacent to an activating group) is 1. The zero-order chi connectivity index (χ0) is 12.3. The Bertz CT molecular complexity index is 483. The van der Waals surface area contributed by atoms with E-state index in [1.165, 1.54) is 16.8 Å². The smallest absolute Gasteiger partial charge is 0.310 e. The van der Waals surface area contributed by atoms with Crippen LogP contribution < -0.4 is 0 Å². The van der Waals surface area contributed by atoms with Crippen LogP contribution in [0.4, 0.5) is 0 Å². The molecule has 4 nitrogen and oxygen atoms in total. The molecule has 0 aromatic heterocycles. The van der Waals surface area contributed by atoms with E-state index in [1.807, 2.05) is 36.6 Å². The second-order valence-corrected chi connectivity index (χ2v) is 4.13. The number of hydrogen-bond donors (Lipinski definition) is 0. The molecule has 88 valence electrons. The molecule has 17 heavy (non-hydrogen) atoms. The van der Waals surface area contributed by atoms with E-state index in [1.54, 1.807) is 12.5 Å². The van der Waals surface area contributed by atoms with Crippen LogP contribution in [0.25, 0.3) is 0 Å². The monoisotopic (exact) mass is 248 g/mol. The standard InChI is InChI=1S/C12H12N2O2S/c1-14-12(15)10(8-17-2)16-11(13-14)9-6-4-3-5-7-9/h3-8H,1-2H3/b10-8+. The molecule has 1 aliphatic rings. The number of hydrogen-bond acceptors (Lipinski definition) is 4. The second kappa shape index (κ2) is 5.05. The molecular formula is C12H12N2O2S. The van der Waals surface area contributed by atoms with E-state index >= 15 is 0 Å². The Morgan fingerprint density at radius 3 is 2.71 bits per heavy atom. The van der Waals surface area contributed by atoms with Crippen molar-refractivity contribution in [2.45, 2.75) is 0 Å². The number of rotatable bonds is 2. The van der Waals surface area contributed by atoms with Crippen molar-refractivity contribution in [3.63, 3.8) is 0 Å². The Hall–Kier alpha value is -1.75. The highest BCUT2D eigenvalue weighted by atomic mass is 32.2. The van der Waals surface area contributed by atoms with Gasteiger partial charge in [-0.05, 0) is 18.4 Å². The van der Waals surface area contributed by atoms with Crippen LogP contribution in [-0.2, 0) is 9.53 Å². The SMILES string of the molecule is CS/C=C1/OC(c2ccccc2)=NN(C)C1=O. The number of amides is 1. The molecular weight excluding hydrogens is 236 g/mol. The van der Waals surface area contributed by atoms with Gasteiger partial charge in [0, 0.05) is 18.0 Å². The van der Waals surface area contributed by atoms with Crippen LogP contribution in [-0.4, -0.2) is 30.1 Å². The van der Waals surface area contributed by atoms with E-state index in [4.69, 9.17) is 4.74 Å². The molecule has 0 unspecified atom stereocenters. The van der Waals surface area contributed by atoms with Crippen molar-refractivity contribution in [2.24, 2.45) is 5.10 Å². The lowest BCUT2D eigenvalue weighted by Gasteiger charge is -2.21. The van der Waals surface area contributed by atoms with E-state index in [-0.39, 0.29) is 5.91 Å². The number of hydrazone groups is 1. The summed E-state index contributed by atoms with van der Waals surface area (Å²) in [5, 5.41) is 7.06. The number of carbonyl (C=O) groups excluding carboxylic acids is 1. The third kappa shape index (κ3) is 2.50. The van der Waals surface area contributed by atoms with Crippen molar-refractivity contribution in [1.82, 2.24) is 5.01 Å². The van der Waals surface area contributed by atoms with Gasteiger partial charge in [0.05, 0.1) is 0 Å². The Kier molecular flexibility index (Phi) is 3.49. The normalized spacial score (nSPS) is 18.0. The molecule has 0 radical (unpaired) electrons. The quantitative estimate of drug-likeness (QED) is 0.752. The number of thioether (sulfide) groups is 1. The topological polar surface area (TPSA) is 41.9 Å². The van der Waals surface area contributed by atoms with E-state index in [2.05, 4.69) is 5.10 Å². The van der Waals surface area contributed by atoms with Crippen LogP contribution in [0.5, 0.6) is 0 Å². The minimum atomic E-state index is -0.237. The molecule has 0 bridgehead atoms. The maximum Gasteiger partial charge on any atom is 0.310 e. The Morgan fingerprint density at radius 2 is 2.06 bits per heavy atom. The average molecular weight is 248 g/mol. The molecule has 5 heteroatoms. The zero-order valence-electron chi connectivity index (χ0n) is 9.58. The highest BCUT2D eigenvalue weighted by Gasteiger charge is 2.25. The molecule has 1 heterocycles. The first-order chi connectivity index (χ1) is 8.22. The van der Waals surface area contributed by atoms with Gasteiger partial charge < -0.3 is 4.74 Å². The molecule has 0 N–H and O–H groups in total. The van der Waals surface area contributed by atoms with Gasteiger partial charge in [0.15, 0.2) is 0 Å². The zero-order valence-corrected chi connectivity index (χ0v) is 10.4. The number of nitrogens with zero attached hydrogens (tertiary/aromatic N) is 2. The van der Waals surface area contributed by atoms with Crippen molar-refractivity contribution in [3.05, 3.63) is 47.1 Å². The molecule has 0 aliphatic carbocycles. The maximum atomic E-state index is 11.7. The third-order valence-corrected chi connectivity index (χ3v) is 2.65. The van der Waals surface area contributed by atoms with E-state index < -0.39 is 0 Å². The second-order valence-electron chi connectivity index (χ2n) is 3.42. The summed E-state index contributed by atoms with van der Waals surface area (Å²) in [4.78, 5) is 11.7. The lowest BCUT2D eigenvalue weighted by molar-refractivity contribution is -0.129. The Balaban J connectivity index is 2.35. The summed E-state index contributed by atoms with van der Waals surface area (Å²) in [6.07, 6.45) is 1.87. The summed E-state index contributed by atoms with van der Waals surface area (Å²) in [7, 11) is 1.61. The molecule has 0 fully saturated rings. The summed E-state index contributed by atoms with van der Waals surface area (Å²) >= 11 is 1.42. The van der Waals surface area contributed by atoms with Crippen LogP contribution in [0.1, 0.15) is 5.56 Å². The minimum absolute atomic E-state index is 0.237. The lowest BCUT2D eigenvalue weighted by atomic mass is 10.2. The van der Waals surface area contributed by atoms with E-state index in [0.717, 1.165) is 5.56 Å². The van der Waals surface area contributed by atoms with Gasteiger partial charge in [0.25, 0.3) is 0 Å². The van der Waals surface area contributed by atoms with Gasteiger partial charge in [-0.25, -0.2) is 5.01 Å². The lowest BCUT2D eigenvalue weighted by Crippen LogP contribution is -2.32. The molecule has 0 saturated heterocycles. The predicted octanol–water partition coefficient (Wildman–Crippen LogP) is 2.04. The minimum Gasteiger partial charge on any atom is -0.431 e. The maximum absolute atomic E-state index is 11.7. The number of benzene rings is 1. The fourth-order valence-electron chi connectivity index (χ4n) is 1.39. The first kappa shape index (κ1) is 11.7. The molecule has 1 aromatic rings. The molecule has 2 rings (SSSR count). The van der Waals surface area contributed by atoms with Gasteiger partial charge in [-0.3, -0.25) is 4.79 Å². The van der Waals surface area contributed by atoms with Crippen LogP contribution in [0.15, 0.2) is 46.6 Å². The molecule has 1 amide bonds. The van der Waals surface area contributed by atoms with Gasteiger partial charge in [0.2, 0.25) is 11.7 Å². The molecule has 0 spiro atoms. The van der Waals surface area contributed by atoms with Gasteiger partial charge in [-0.15, -0.1) is 16.9 Å². The highest BCUT2D eigenvalue weighted by Crippen LogP contribution is 2.17. The molecule has 0 saturated carbocycles. The molecule has 1 aliphatic heterocycles. The van der Waals surface area contributed by atoms with Crippen LogP contribution in [0, 0.1) is 0 Å². The summed E-state index contributed by atoms with van der Waals surface area (Å²) in [5.41, 5.74) is 0.846. The summed E-state index contributed by atoms with van der Waals surface area (Å²) < 4.78 is 5.49. The largest absolute Gasteiger partial charge is 0.431 e. The number of carbonyl (C=O) groups is 1. The van der Waals surface area contributed by atoms with Crippen LogP contribution >= 0.6 is 11.8 Å². The summed E-state index contributed by atoms with van der Waals surface area (Å²) in [5.74, 6) is 0.501. The summed E-state index contributed by atoms with van der Waals surface area (Å²) in [6, 6.07) is 9.49. The van der Waals surface area contributed by atoms with Gasteiger partial charge in [0.1, 0.15) is 0 Å². The molecule has 0 atom stereocenters. The Morgan fingerprint density at radius 1 is 1.35 bits per heavy atom. The first-order valence-electron chi connectivity index (χ1n) is 5.05. The predicted molar refractivity (Wildman–Crippen MR) is 68.4 cm³/mol. The van der Waals surface area contributed by atoms with Crippen molar-refractivity contribution >= 4 is 23.6 Å². The molecule has 1 aromatic carbocycles. The highest BCUT2D eigenvalue weighted by molar-refractivity contribution is 8.01. The van der Waals surface area contributed by atoms with Crippen molar-refractivity contribution in [2.75, 3.05) is 13.3 Å². The van der Waals surface area contributed by atoms with Gasteiger partial charge >= 0.3 is 5.91 Å². The summed E-state index contributed by atoms with van der Waals surface area (Å²) in [6.45, 7) is 0. The van der Waals surface area contributed by atoms with Crippen molar-refractivity contribution in [1.29, 1.82) is 0 Å². The number of ether oxygens (including phenoxy) is 1. The van der Waals surface area contributed by atoms with Gasteiger partial charge in [-0.1, -0.05) is 18.2 Å². The van der Waals surface area contributed by atoms with Crippen LogP contribution in [0.3, 0.4) is 0 Å². The fraction of sp³-hybridized carbons (Fsp3) is 0.167. The van der Waals surface area contributed by atoms with E-state index in [0.29, 0.717) is 11.7 Å². The third-order valence-electron chi connectivity index (χ3n) is 2.20. The average Bonchev–Trinajstić information content (AvgIpc) is 2.36. The van der Waals surface area contributed by atoms with E-state index in [9.17, 15) is 4.79 Å². The van der Waals surface area contributed by atoms with Crippen molar-refractivity contribution < 1.29 is 9.53 Å². The van der Waals surface area contributed by atoms with Crippen LogP contribution in [0.2, 0.25) is 0 Å². The Labute approximate surface area is 104 Å². The van der Waals surface area contributed by atoms with Gasteiger partial charge in [-0.2, -0.15) is 0 Å². The van der Waals surface area contributed by atoms with Crippen molar-refractivity contribution in [3.8, 4) is 0 Å².